The summed E-state index contributed by atoms with van der Waals surface area (Å²) in [5.41, 5.74) is 6.67. The number of anilines is 1. The lowest BCUT2D eigenvalue weighted by Gasteiger charge is -2.06. The number of aromatic nitrogens is 2. The van der Waals surface area contributed by atoms with Crippen LogP contribution in [0.15, 0.2) is 0 Å². The summed E-state index contributed by atoms with van der Waals surface area (Å²) in [5.74, 6) is 1.96. The minimum Gasteiger partial charge on any atom is -0.358 e. The van der Waals surface area contributed by atoms with Gasteiger partial charge in [0, 0.05) is 20.0 Å². The summed E-state index contributed by atoms with van der Waals surface area (Å²) in [6.45, 7) is 1.57. The maximum absolute atomic E-state index is 5.44. The maximum Gasteiger partial charge on any atom is 0.150 e. The van der Waals surface area contributed by atoms with Crippen LogP contribution in [0, 0.1) is 0 Å². The van der Waals surface area contributed by atoms with E-state index in [1.807, 2.05) is 7.05 Å². The van der Waals surface area contributed by atoms with Crippen LogP contribution in [0.3, 0.4) is 0 Å². The monoisotopic (exact) mass is 152 g/mol. The van der Waals surface area contributed by atoms with Crippen molar-refractivity contribution in [3.05, 3.63) is 11.5 Å². The van der Waals surface area contributed by atoms with Crippen LogP contribution in [0.25, 0.3) is 0 Å². The number of nitrogens with zero attached hydrogens (tertiary/aromatic N) is 2. The summed E-state index contributed by atoms with van der Waals surface area (Å²) in [7, 11) is 2.05. The summed E-state index contributed by atoms with van der Waals surface area (Å²) >= 11 is 0. The Balaban J connectivity index is 2.38. The van der Waals surface area contributed by atoms with Crippen molar-refractivity contribution in [2.24, 2.45) is 5.73 Å². The van der Waals surface area contributed by atoms with Crippen LogP contribution in [0.4, 0.5) is 5.82 Å². The molecule has 2 rings (SSSR count). The minimum atomic E-state index is 0.501. The van der Waals surface area contributed by atoms with E-state index in [0.29, 0.717) is 6.54 Å². The Morgan fingerprint density at radius 2 is 2.55 bits per heavy atom. The van der Waals surface area contributed by atoms with Crippen LogP contribution in [-0.2, 0) is 13.0 Å². The molecule has 0 radical (unpaired) electrons. The van der Waals surface area contributed by atoms with Gasteiger partial charge >= 0.3 is 0 Å². The van der Waals surface area contributed by atoms with Crippen LogP contribution in [0.1, 0.15) is 11.5 Å². The Hall–Kier alpha value is -1.03. The van der Waals surface area contributed by atoms with Crippen molar-refractivity contribution >= 4 is 5.82 Å². The second-order valence-electron chi connectivity index (χ2n) is 2.86. The van der Waals surface area contributed by atoms with Gasteiger partial charge in [-0.2, -0.15) is 0 Å². The number of hydrogen-bond acceptors (Lipinski definition) is 3. The lowest BCUT2D eigenvalue weighted by atomic mass is 10.4. The summed E-state index contributed by atoms with van der Waals surface area (Å²) < 4.78 is 0. The van der Waals surface area contributed by atoms with Crippen molar-refractivity contribution in [1.82, 2.24) is 9.97 Å². The Bertz CT molecular complexity index is 265. The smallest absolute Gasteiger partial charge is 0.150 e. The number of hydrogen-bond donors (Lipinski definition) is 2. The van der Waals surface area contributed by atoms with E-state index in [0.717, 1.165) is 24.6 Å². The summed E-state index contributed by atoms with van der Waals surface area (Å²) in [6, 6.07) is 0. The number of imidazole rings is 1. The molecule has 3 N–H and O–H groups in total. The zero-order chi connectivity index (χ0) is 7.84. The first-order valence-electron chi connectivity index (χ1n) is 3.80. The highest BCUT2D eigenvalue weighted by Gasteiger charge is 2.19. The van der Waals surface area contributed by atoms with Crippen LogP contribution < -0.4 is 10.6 Å². The van der Waals surface area contributed by atoms with Crippen LogP contribution >= 0.6 is 0 Å². The predicted octanol–water partition coefficient (Wildman–Crippen LogP) is -0.139. The molecule has 0 aliphatic carbocycles. The van der Waals surface area contributed by atoms with Crippen molar-refractivity contribution in [2.75, 3.05) is 18.5 Å². The number of aromatic amines is 1. The molecule has 60 valence electrons. The Morgan fingerprint density at radius 3 is 3.18 bits per heavy atom. The molecule has 2 heterocycles. The molecule has 1 aliphatic heterocycles. The molecule has 0 saturated heterocycles. The second-order valence-corrected chi connectivity index (χ2v) is 2.86. The molecule has 11 heavy (non-hydrogen) atoms. The molecule has 0 bridgehead atoms. The average molecular weight is 152 g/mol. The molecule has 0 unspecified atom stereocenters. The van der Waals surface area contributed by atoms with Gasteiger partial charge in [0.2, 0.25) is 0 Å². The van der Waals surface area contributed by atoms with Crippen molar-refractivity contribution in [2.45, 2.75) is 13.0 Å². The van der Waals surface area contributed by atoms with Gasteiger partial charge in [-0.1, -0.05) is 0 Å². The maximum atomic E-state index is 5.44. The number of fused-ring (bicyclic) bond motifs is 1. The van der Waals surface area contributed by atoms with Crippen molar-refractivity contribution in [3.63, 3.8) is 0 Å². The minimum absolute atomic E-state index is 0.501. The molecule has 0 amide bonds. The molecule has 4 heteroatoms. The van der Waals surface area contributed by atoms with E-state index >= 15 is 0 Å². The highest BCUT2D eigenvalue weighted by atomic mass is 15.2. The first-order valence-corrected chi connectivity index (χ1v) is 3.80. The summed E-state index contributed by atoms with van der Waals surface area (Å²) in [4.78, 5) is 9.68. The van der Waals surface area contributed by atoms with Gasteiger partial charge in [-0.3, -0.25) is 0 Å². The van der Waals surface area contributed by atoms with Crippen molar-refractivity contribution in [1.29, 1.82) is 0 Å². The second kappa shape index (κ2) is 2.23. The van der Waals surface area contributed by atoms with Crippen molar-refractivity contribution < 1.29 is 0 Å². The number of nitrogens with one attached hydrogen (secondary N) is 1. The van der Waals surface area contributed by atoms with Crippen LogP contribution in [0.2, 0.25) is 0 Å². The molecule has 1 aromatic heterocycles. The number of H-pyrrole nitrogens is 1. The summed E-state index contributed by atoms with van der Waals surface area (Å²) in [5, 5.41) is 0. The highest BCUT2D eigenvalue weighted by molar-refractivity contribution is 5.48. The zero-order valence-electron chi connectivity index (χ0n) is 6.59. The van der Waals surface area contributed by atoms with Crippen molar-refractivity contribution in [3.8, 4) is 0 Å². The molecule has 4 nitrogen and oxygen atoms in total. The fourth-order valence-electron chi connectivity index (χ4n) is 1.43. The molecule has 0 atom stereocenters. The first-order chi connectivity index (χ1) is 5.31. The van der Waals surface area contributed by atoms with E-state index in [1.54, 1.807) is 0 Å². The lowest BCUT2D eigenvalue weighted by molar-refractivity contribution is 0.873. The first kappa shape index (κ1) is 6.67. The van der Waals surface area contributed by atoms with Gasteiger partial charge in [-0.05, 0) is 0 Å². The average Bonchev–Trinajstić information content (AvgIpc) is 2.53. The lowest BCUT2D eigenvalue weighted by Crippen LogP contribution is -2.14. The third-order valence-corrected chi connectivity index (χ3v) is 2.06. The zero-order valence-corrected chi connectivity index (χ0v) is 6.59. The number of likely N-dealkylation sites (N-methyl/N-ethyl adjacent to an activating group) is 1. The summed E-state index contributed by atoms with van der Waals surface area (Å²) in [6.07, 6.45) is 1.07. The number of nitrogens with two attached hydrogens (primary N) is 1. The molecule has 0 spiro atoms. The number of rotatable bonds is 1. The standard InChI is InChI=1S/C7H12N4/c1-11-3-2-5-7(11)10-6(4-8)9-5/h2-4,8H2,1H3,(H,9,10). The van der Waals surface area contributed by atoms with Gasteiger partial charge in [0.1, 0.15) is 11.6 Å². The normalized spacial score (nSPS) is 15.6. The van der Waals surface area contributed by atoms with Crippen LogP contribution in [-0.4, -0.2) is 23.6 Å². The largest absolute Gasteiger partial charge is 0.358 e. The molecule has 0 fully saturated rings. The van der Waals surface area contributed by atoms with Gasteiger partial charge in [0.15, 0.2) is 0 Å². The highest BCUT2D eigenvalue weighted by Crippen LogP contribution is 2.22. The van der Waals surface area contributed by atoms with Gasteiger partial charge in [-0.25, -0.2) is 4.98 Å². The Morgan fingerprint density at radius 1 is 1.73 bits per heavy atom. The molecule has 1 aliphatic rings. The van der Waals surface area contributed by atoms with Crippen LogP contribution in [0.5, 0.6) is 0 Å². The van der Waals surface area contributed by atoms with Gasteiger partial charge in [0.25, 0.3) is 0 Å². The quantitative estimate of drug-likeness (QED) is 0.589. The van der Waals surface area contributed by atoms with E-state index < -0.39 is 0 Å². The molecular weight excluding hydrogens is 140 g/mol. The molecular formula is C7H12N4. The third-order valence-electron chi connectivity index (χ3n) is 2.06. The third kappa shape index (κ3) is 0.903. The van der Waals surface area contributed by atoms with E-state index in [2.05, 4.69) is 14.9 Å². The van der Waals surface area contributed by atoms with E-state index in [1.165, 1.54) is 5.69 Å². The Kier molecular flexibility index (Phi) is 1.35. The SMILES string of the molecule is CN1CCc2[nH]c(CN)nc21. The molecule has 0 aromatic carbocycles. The molecule has 0 saturated carbocycles. The van der Waals surface area contributed by atoms with E-state index in [4.69, 9.17) is 5.73 Å². The van der Waals surface area contributed by atoms with Gasteiger partial charge in [0.05, 0.1) is 12.2 Å². The molecule has 1 aromatic rings. The fourth-order valence-corrected chi connectivity index (χ4v) is 1.43. The van der Waals surface area contributed by atoms with Gasteiger partial charge < -0.3 is 15.6 Å². The predicted molar refractivity (Wildman–Crippen MR) is 43.5 cm³/mol. The van der Waals surface area contributed by atoms with E-state index in [9.17, 15) is 0 Å². The Labute approximate surface area is 65.4 Å². The van der Waals surface area contributed by atoms with Gasteiger partial charge in [-0.15, -0.1) is 0 Å². The fraction of sp³-hybridized carbons (Fsp3) is 0.571. The topological polar surface area (TPSA) is 57.9 Å². The van der Waals surface area contributed by atoms with E-state index in [-0.39, 0.29) is 0 Å².